The van der Waals surface area contributed by atoms with Gasteiger partial charge in [0.05, 0.1) is 11.4 Å². The largest absolute Gasteiger partial charge is 0.455 e. The van der Waals surface area contributed by atoms with Crippen LogP contribution in [0.25, 0.3) is 77.8 Å². The van der Waals surface area contributed by atoms with Crippen molar-refractivity contribution in [3.63, 3.8) is 0 Å². The van der Waals surface area contributed by atoms with E-state index in [-0.39, 0.29) is 0 Å². The molecule has 0 N–H and O–H groups in total. The summed E-state index contributed by atoms with van der Waals surface area (Å²) in [5, 5.41) is 2.27. The third kappa shape index (κ3) is 2.95. The first-order valence-corrected chi connectivity index (χ1v) is 12.4. The zero-order chi connectivity index (χ0) is 24.3. The predicted molar refractivity (Wildman–Crippen MR) is 150 cm³/mol. The van der Waals surface area contributed by atoms with Gasteiger partial charge in [-0.3, -0.25) is 9.97 Å². The Labute approximate surface area is 213 Å². The van der Waals surface area contributed by atoms with Crippen LogP contribution in [0.3, 0.4) is 0 Å². The quantitative estimate of drug-likeness (QED) is 0.239. The highest BCUT2D eigenvalue weighted by Crippen LogP contribution is 2.47. The first-order chi connectivity index (χ1) is 18.4. The van der Waals surface area contributed by atoms with E-state index in [1.165, 1.54) is 11.1 Å². The lowest BCUT2D eigenvalue weighted by molar-refractivity contribution is 0.670. The van der Waals surface area contributed by atoms with E-state index in [0.29, 0.717) is 0 Å². The molecule has 0 aliphatic heterocycles. The average molecular weight is 473 g/mol. The monoisotopic (exact) mass is 472 g/mol. The van der Waals surface area contributed by atoms with Crippen LogP contribution in [0.1, 0.15) is 0 Å². The van der Waals surface area contributed by atoms with Crippen molar-refractivity contribution in [3.8, 4) is 55.9 Å². The van der Waals surface area contributed by atoms with E-state index in [4.69, 9.17) is 14.4 Å². The molecule has 0 spiro atoms. The molecule has 172 valence electrons. The van der Waals surface area contributed by atoms with Gasteiger partial charge in [0.2, 0.25) is 0 Å². The summed E-state index contributed by atoms with van der Waals surface area (Å²) in [6.07, 6.45) is 3.70. The van der Waals surface area contributed by atoms with Crippen molar-refractivity contribution in [1.82, 2.24) is 9.97 Å². The van der Waals surface area contributed by atoms with Crippen LogP contribution in [-0.4, -0.2) is 9.97 Å². The van der Waals surface area contributed by atoms with E-state index in [1.807, 2.05) is 36.7 Å². The fourth-order valence-electron chi connectivity index (χ4n) is 5.72. The number of nitrogens with zero attached hydrogens (tertiary/aromatic N) is 2. The molecule has 3 nitrogen and oxygen atoms in total. The van der Waals surface area contributed by atoms with E-state index in [9.17, 15) is 0 Å². The Hall–Kier alpha value is -5.02. The zero-order valence-electron chi connectivity index (χ0n) is 19.8. The minimum atomic E-state index is 0.896. The molecule has 3 aromatic heterocycles. The molecular formula is C34H20N2O. The number of furan rings is 1. The van der Waals surface area contributed by atoms with E-state index < -0.39 is 0 Å². The van der Waals surface area contributed by atoms with E-state index in [2.05, 4.69) is 84.9 Å². The van der Waals surface area contributed by atoms with Crippen molar-refractivity contribution < 1.29 is 4.42 Å². The van der Waals surface area contributed by atoms with Gasteiger partial charge in [-0.25, -0.2) is 0 Å². The molecule has 7 aromatic rings. The lowest BCUT2D eigenvalue weighted by Gasteiger charge is -2.22. The molecule has 0 saturated carbocycles. The van der Waals surface area contributed by atoms with E-state index >= 15 is 0 Å². The van der Waals surface area contributed by atoms with Crippen LogP contribution in [0.5, 0.6) is 0 Å². The predicted octanol–water partition coefficient (Wildman–Crippen LogP) is 9.02. The molecule has 1 aliphatic carbocycles. The van der Waals surface area contributed by atoms with Crippen LogP contribution in [0.2, 0.25) is 0 Å². The van der Waals surface area contributed by atoms with Gasteiger partial charge in [0.1, 0.15) is 11.2 Å². The number of para-hydroxylation sites is 2. The van der Waals surface area contributed by atoms with Crippen molar-refractivity contribution in [2.24, 2.45) is 0 Å². The first-order valence-electron chi connectivity index (χ1n) is 12.4. The standard InChI is InChI=1S/C34H20N2O/c1-2-9-24-23(8-1)25-17-16-21(22-11-5-12-29-26-10-3-4-15-31(26)37-34(22)29)20-30(25)28-14-7-19-36-33(28)32-27(24)13-6-18-35-32/h1-20H. The molecular weight excluding hydrogens is 452 g/mol. The van der Waals surface area contributed by atoms with Crippen molar-refractivity contribution in [2.75, 3.05) is 0 Å². The van der Waals surface area contributed by atoms with E-state index in [1.54, 1.807) is 0 Å². The number of hydrogen-bond donors (Lipinski definition) is 0. The normalized spacial score (nSPS) is 11.8. The van der Waals surface area contributed by atoms with Gasteiger partial charge in [0, 0.05) is 39.9 Å². The second kappa shape index (κ2) is 7.74. The molecule has 37 heavy (non-hydrogen) atoms. The summed E-state index contributed by atoms with van der Waals surface area (Å²) in [7, 11) is 0. The van der Waals surface area contributed by atoms with Crippen molar-refractivity contribution in [1.29, 1.82) is 0 Å². The van der Waals surface area contributed by atoms with Crippen molar-refractivity contribution >= 4 is 21.9 Å². The molecule has 3 heterocycles. The first kappa shape index (κ1) is 20.2. The van der Waals surface area contributed by atoms with Gasteiger partial charge in [-0.15, -0.1) is 0 Å². The number of hydrogen-bond acceptors (Lipinski definition) is 3. The molecule has 0 atom stereocenters. The van der Waals surface area contributed by atoms with Crippen molar-refractivity contribution in [3.05, 3.63) is 122 Å². The average Bonchev–Trinajstić information content (AvgIpc) is 3.35. The minimum Gasteiger partial charge on any atom is -0.455 e. The summed E-state index contributed by atoms with van der Waals surface area (Å²) >= 11 is 0. The maximum absolute atomic E-state index is 6.38. The highest BCUT2D eigenvalue weighted by atomic mass is 16.3. The fraction of sp³-hybridized carbons (Fsp3) is 0. The van der Waals surface area contributed by atoms with Gasteiger partial charge >= 0.3 is 0 Å². The third-order valence-corrected chi connectivity index (χ3v) is 7.37. The Balaban J connectivity index is 1.45. The lowest BCUT2D eigenvalue weighted by atomic mass is 9.83. The summed E-state index contributed by atoms with van der Waals surface area (Å²) in [6.45, 7) is 0. The topological polar surface area (TPSA) is 38.9 Å². The minimum absolute atomic E-state index is 0.896. The number of rotatable bonds is 1. The van der Waals surface area contributed by atoms with Crippen LogP contribution < -0.4 is 0 Å². The molecule has 0 amide bonds. The molecule has 0 radical (unpaired) electrons. The van der Waals surface area contributed by atoms with Crippen LogP contribution in [0, 0.1) is 0 Å². The number of aromatic nitrogens is 2. The number of benzene rings is 4. The molecule has 0 fully saturated rings. The van der Waals surface area contributed by atoms with E-state index in [0.717, 1.165) is 66.7 Å². The molecule has 0 unspecified atom stereocenters. The maximum atomic E-state index is 6.38. The zero-order valence-corrected chi connectivity index (χ0v) is 19.8. The summed E-state index contributed by atoms with van der Waals surface area (Å²) in [5.74, 6) is 0. The third-order valence-electron chi connectivity index (χ3n) is 7.37. The van der Waals surface area contributed by atoms with Gasteiger partial charge in [0.25, 0.3) is 0 Å². The fourth-order valence-corrected chi connectivity index (χ4v) is 5.72. The van der Waals surface area contributed by atoms with Crippen LogP contribution in [0.15, 0.2) is 126 Å². The SMILES string of the molecule is c1ccc2c(c1)-c1ccc(-c3cccc4c3oc3ccccc34)cc1-c1cccnc1-c1ncccc1-2. The molecule has 8 rings (SSSR count). The summed E-state index contributed by atoms with van der Waals surface area (Å²) in [4.78, 5) is 9.64. The Morgan fingerprint density at radius 3 is 1.84 bits per heavy atom. The van der Waals surface area contributed by atoms with Crippen molar-refractivity contribution in [2.45, 2.75) is 0 Å². The maximum Gasteiger partial charge on any atom is 0.143 e. The highest BCUT2D eigenvalue weighted by molar-refractivity contribution is 6.10. The molecule has 1 aliphatic rings. The van der Waals surface area contributed by atoms with Gasteiger partial charge < -0.3 is 4.42 Å². The molecule has 4 aromatic carbocycles. The van der Waals surface area contributed by atoms with Crippen LogP contribution in [-0.2, 0) is 0 Å². The Bertz CT molecular complexity index is 1990. The Morgan fingerprint density at radius 1 is 0.432 bits per heavy atom. The molecule has 3 heteroatoms. The van der Waals surface area contributed by atoms with Crippen LogP contribution >= 0.6 is 0 Å². The molecule has 0 saturated heterocycles. The van der Waals surface area contributed by atoms with Gasteiger partial charge in [-0.1, -0.05) is 84.9 Å². The second-order valence-electron chi connectivity index (χ2n) is 9.39. The number of pyridine rings is 2. The van der Waals surface area contributed by atoms with Gasteiger partial charge in [0.15, 0.2) is 0 Å². The Morgan fingerprint density at radius 2 is 1.03 bits per heavy atom. The molecule has 0 bridgehead atoms. The van der Waals surface area contributed by atoms with Gasteiger partial charge in [-0.2, -0.15) is 0 Å². The second-order valence-corrected chi connectivity index (χ2v) is 9.39. The van der Waals surface area contributed by atoms with Crippen LogP contribution in [0.4, 0.5) is 0 Å². The lowest BCUT2D eigenvalue weighted by Crippen LogP contribution is -2.00. The highest BCUT2D eigenvalue weighted by Gasteiger charge is 2.24. The summed E-state index contributed by atoms with van der Waals surface area (Å²) < 4.78 is 6.38. The Kier molecular flexibility index (Phi) is 4.23. The number of fused-ring (bicyclic) bond motifs is 11. The van der Waals surface area contributed by atoms with Gasteiger partial charge in [-0.05, 0) is 52.1 Å². The summed E-state index contributed by atoms with van der Waals surface area (Å²) in [5.41, 5.74) is 12.6. The summed E-state index contributed by atoms with van der Waals surface area (Å²) in [6, 6.07) is 38.2. The smallest absolute Gasteiger partial charge is 0.143 e.